The third-order valence-corrected chi connectivity index (χ3v) is 7.09. The van der Waals surface area contributed by atoms with Crippen LogP contribution in [0.1, 0.15) is 47.2 Å². The van der Waals surface area contributed by atoms with E-state index < -0.39 is 5.97 Å². The molecule has 0 aliphatic carbocycles. The molecule has 0 atom stereocenters. The Labute approximate surface area is 209 Å². The molecule has 2 aromatic carbocycles. The third kappa shape index (κ3) is 3.90. The maximum Gasteiger partial charge on any atom is 0.335 e. The van der Waals surface area contributed by atoms with Crippen LogP contribution in [0.4, 0.5) is 0 Å². The number of ether oxygens (including phenoxy) is 1. The maximum atomic E-state index is 11.8. The van der Waals surface area contributed by atoms with Crippen molar-refractivity contribution in [2.45, 2.75) is 45.2 Å². The molecule has 0 unspecified atom stereocenters. The molecular formula is C29H28N4O3. The Hall–Kier alpha value is -4.13. The molecule has 1 aliphatic heterocycles. The molecular weight excluding hydrogens is 452 g/mol. The molecule has 1 aliphatic rings. The van der Waals surface area contributed by atoms with Gasteiger partial charge in [-0.2, -0.15) is 0 Å². The smallest absolute Gasteiger partial charge is 0.335 e. The average Bonchev–Trinajstić information content (AvgIpc) is 3.43. The predicted octanol–water partition coefficient (Wildman–Crippen LogP) is 5.92. The lowest BCUT2D eigenvalue weighted by atomic mass is 10.0. The van der Waals surface area contributed by atoms with Crippen molar-refractivity contribution in [3.8, 4) is 17.3 Å². The van der Waals surface area contributed by atoms with Gasteiger partial charge in [0.25, 0.3) is 0 Å². The van der Waals surface area contributed by atoms with E-state index in [1.807, 2.05) is 12.3 Å². The molecule has 0 radical (unpaired) electrons. The summed E-state index contributed by atoms with van der Waals surface area (Å²) in [4.78, 5) is 21.5. The van der Waals surface area contributed by atoms with E-state index >= 15 is 0 Å². The number of carboxylic acid groups (broad SMARTS) is 1. The van der Waals surface area contributed by atoms with Crippen molar-refractivity contribution in [1.29, 1.82) is 0 Å². The summed E-state index contributed by atoms with van der Waals surface area (Å²) < 4.78 is 10.1. The largest absolute Gasteiger partial charge is 0.494 e. The zero-order chi connectivity index (χ0) is 24.6. The second kappa shape index (κ2) is 9.15. The second-order valence-electron chi connectivity index (χ2n) is 9.45. The molecule has 0 spiro atoms. The van der Waals surface area contributed by atoms with Crippen LogP contribution < -0.4 is 4.74 Å². The minimum Gasteiger partial charge on any atom is -0.494 e. The maximum absolute atomic E-state index is 11.8. The number of hydrogen-bond donors (Lipinski definition) is 1. The number of fused-ring (bicyclic) bond motifs is 9. The monoisotopic (exact) mass is 480 g/mol. The number of nitrogens with zero attached hydrogens (tertiary/aromatic N) is 4. The fourth-order valence-electron chi connectivity index (χ4n) is 5.38. The van der Waals surface area contributed by atoms with Crippen LogP contribution in [-0.2, 0) is 19.5 Å². The van der Waals surface area contributed by atoms with Crippen LogP contribution in [0.25, 0.3) is 33.6 Å². The molecule has 36 heavy (non-hydrogen) atoms. The van der Waals surface area contributed by atoms with Gasteiger partial charge >= 0.3 is 5.97 Å². The zero-order valence-electron chi connectivity index (χ0n) is 20.3. The Morgan fingerprint density at radius 1 is 0.972 bits per heavy atom. The Kier molecular flexibility index (Phi) is 5.68. The summed E-state index contributed by atoms with van der Waals surface area (Å²) in [5, 5.41) is 10.8. The second-order valence-corrected chi connectivity index (χ2v) is 9.45. The average molecular weight is 481 g/mol. The van der Waals surface area contributed by atoms with E-state index in [2.05, 4.69) is 45.5 Å². The number of aromatic nitrogens is 4. The van der Waals surface area contributed by atoms with Crippen LogP contribution in [-0.4, -0.2) is 37.3 Å². The summed E-state index contributed by atoms with van der Waals surface area (Å²) in [6.45, 7) is 1.44. The van der Waals surface area contributed by atoms with Gasteiger partial charge < -0.3 is 19.0 Å². The molecule has 3 aromatic heterocycles. The number of hydrogen-bond acceptors (Lipinski definition) is 4. The highest BCUT2D eigenvalue weighted by Gasteiger charge is 2.23. The minimum atomic E-state index is -1.00. The van der Waals surface area contributed by atoms with Gasteiger partial charge in [-0.3, -0.25) is 0 Å². The Morgan fingerprint density at radius 2 is 1.83 bits per heavy atom. The van der Waals surface area contributed by atoms with Crippen molar-refractivity contribution in [3.63, 3.8) is 0 Å². The van der Waals surface area contributed by atoms with Crippen molar-refractivity contribution in [3.05, 3.63) is 77.5 Å². The lowest BCUT2D eigenvalue weighted by molar-refractivity contribution is 0.0696. The van der Waals surface area contributed by atoms with E-state index in [-0.39, 0.29) is 5.56 Å². The number of benzene rings is 2. The number of aromatic carboxylic acids is 1. The van der Waals surface area contributed by atoms with Gasteiger partial charge in [-0.25, -0.2) is 14.8 Å². The number of imidazole rings is 1. The van der Waals surface area contributed by atoms with E-state index in [9.17, 15) is 9.90 Å². The van der Waals surface area contributed by atoms with Gasteiger partial charge in [-0.05, 0) is 60.7 Å². The summed E-state index contributed by atoms with van der Waals surface area (Å²) in [7, 11) is 1.57. The highest BCUT2D eigenvalue weighted by molar-refractivity contribution is 5.96. The van der Waals surface area contributed by atoms with E-state index in [0.717, 1.165) is 53.9 Å². The summed E-state index contributed by atoms with van der Waals surface area (Å²) in [6.07, 6.45) is 7.47. The standard InChI is InChI=1S/C29H28N4O3/c1-36-25-17-22(29(34)35)15-23-26(25)33-18-20-10-6-9-19(14-20)8-4-2-3-5-13-32-24(28(33)31-23)16-21-11-7-12-30-27(21)32/h6-7,9-12,14-17H,2-5,8,13,18H2,1H3,(H,34,35). The molecule has 182 valence electrons. The quantitative estimate of drug-likeness (QED) is 0.339. The predicted molar refractivity (Wildman–Crippen MR) is 140 cm³/mol. The molecule has 7 nitrogen and oxygen atoms in total. The Balaban J connectivity index is 1.66. The number of carboxylic acids is 1. The van der Waals surface area contributed by atoms with Gasteiger partial charge in [0.1, 0.15) is 16.9 Å². The molecule has 6 rings (SSSR count). The fraction of sp³-hybridized carbons (Fsp3) is 0.276. The summed E-state index contributed by atoms with van der Waals surface area (Å²) >= 11 is 0. The molecule has 0 fully saturated rings. The van der Waals surface area contributed by atoms with Crippen LogP contribution in [0.15, 0.2) is 60.8 Å². The van der Waals surface area contributed by atoms with Crippen LogP contribution in [0.3, 0.4) is 0 Å². The SMILES string of the molecule is COc1cc(C(=O)O)cc2nc3n(c12)Cc1cccc(c1)CCCCCCn1c-3cc2cccnc21. The van der Waals surface area contributed by atoms with Crippen LogP contribution in [0.2, 0.25) is 0 Å². The highest BCUT2D eigenvalue weighted by Crippen LogP contribution is 2.35. The summed E-state index contributed by atoms with van der Waals surface area (Å²) in [6, 6.07) is 18.1. The summed E-state index contributed by atoms with van der Waals surface area (Å²) in [5.74, 6) is 0.281. The molecule has 2 bridgehead atoms. The van der Waals surface area contributed by atoms with E-state index in [1.165, 1.54) is 24.0 Å². The topological polar surface area (TPSA) is 82.2 Å². The number of carbonyl (C=O) groups is 1. The van der Waals surface area contributed by atoms with Gasteiger partial charge in [0.05, 0.1) is 23.9 Å². The molecule has 5 aromatic rings. The zero-order valence-corrected chi connectivity index (χ0v) is 20.3. The first-order valence-corrected chi connectivity index (χ1v) is 12.5. The fourth-order valence-corrected chi connectivity index (χ4v) is 5.38. The van der Waals surface area contributed by atoms with Gasteiger partial charge in [0, 0.05) is 24.7 Å². The Morgan fingerprint density at radius 3 is 2.69 bits per heavy atom. The van der Waals surface area contributed by atoms with Crippen molar-refractivity contribution in [1.82, 2.24) is 19.1 Å². The van der Waals surface area contributed by atoms with Gasteiger partial charge in [0.15, 0.2) is 5.82 Å². The van der Waals surface area contributed by atoms with Crippen molar-refractivity contribution < 1.29 is 14.6 Å². The number of pyridine rings is 1. The summed E-state index contributed by atoms with van der Waals surface area (Å²) in [5.41, 5.74) is 5.99. The van der Waals surface area contributed by atoms with Crippen molar-refractivity contribution in [2.24, 2.45) is 0 Å². The Bertz CT molecular complexity index is 1600. The number of methoxy groups -OCH3 is 1. The van der Waals surface area contributed by atoms with E-state index in [4.69, 9.17) is 14.7 Å². The lowest BCUT2D eigenvalue weighted by Crippen LogP contribution is -2.08. The van der Waals surface area contributed by atoms with Crippen molar-refractivity contribution >= 4 is 28.0 Å². The van der Waals surface area contributed by atoms with Gasteiger partial charge in [-0.15, -0.1) is 0 Å². The van der Waals surface area contributed by atoms with Crippen LogP contribution in [0, 0.1) is 0 Å². The normalized spacial score (nSPS) is 14.2. The molecule has 0 amide bonds. The molecule has 4 heterocycles. The van der Waals surface area contributed by atoms with Crippen LogP contribution in [0.5, 0.6) is 5.75 Å². The first-order valence-electron chi connectivity index (χ1n) is 12.5. The van der Waals surface area contributed by atoms with Crippen molar-refractivity contribution in [2.75, 3.05) is 7.11 Å². The van der Waals surface area contributed by atoms with E-state index in [1.54, 1.807) is 19.2 Å². The van der Waals surface area contributed by atoms with E-state index in [0.29, 0.717) is 17.8 Å². The minimum absolute atomic E-state index is 0.158. The first-order chi connectivity index (χ1) is 17.6. The molecule has 7 heteroatoms. The molecule has 0 saturated heterocycles. The molecule has 1 N–H and O–H groups in total. The van der Waals surface area contributed by atoms with Gasteiger partial charge in [-0.1, -0.05) is 37.1 Å². The third-order valence-electron chi connectivity index (χ3n) is 7.09. The number of rotatable bonds is 2. The van der Waals surface area contributed by atoms with Crippen LogP contribution >= 0.6 is 0 Å². The number of aryl methyl sites for hydroxylation is 2. The highest BCUT2D eigenvalue weighted by atomic mass is 16.5. The lowest BCUT2D eigenvalue weighted by Gasteiger charge is -2.15. The molecule has 0 saturated carbocycles. The van der Waals surface area contributed by atoms with Gasteiger partial charge in [0.2, 0.25) is 0 Å². The first kappa shape index (κ1) is 22.3.